The van der Waals surface area contributed by atoms with Crippen molar-refractivity contribution in [2.24, 2.45) is 0 Å². The van der Waals surface area contributed by atoms with Gasteiger partial charge < -0.3 is 14.4 Å². The SMILES string of the molecule is CCN(Cc1cccc(F)c1)C(=O)COC(=O)/C=C/c1ccc(OC)cc1. The van der Waals surface area contributed by atoms with Gasteiger partial charge in [-0.05, 0) is 48.4 Å². The molecule has 1 amide bonds. The minimum atomic E-state index is -0.610. The fraction of sp³-hybridized carbons (Fsp3) is 0.238. The zero-order valence-electron chi connectivity index (χ0n) is 15.4. The molecule has 6 heteroatoms. The third kappa shape index (κ3) is 6.58. The molecule has 5 nitrogen and oxygen atoms in total. The Kier molecular flexibility index (Phi) is 7.55. The number of likely N-dealkylation sites (N-methyl/N-ethyl adjacent to an activating group) is 1. The van der Waals surface area contributed by atoms with Gasteiger partial charge in [0.25, 0.3) is 5.91 Å². The molecule has 0 N–H and O–H groups in total. The molecular formula is C21H22FNO4. The molecule has 142 valence electrons. The highest BCUT2D eigenvalue weighted by Crippen LogP contribution is 2.12. The fourth-order valence-corrected chi connectivity index (χ4v) is 2.38. The summed E-state index contributed by atoms with van der Waals surface area (Å²) in [5, 5.41) is 0. The fourth-order valence-electron chi connectivity index (χ4n) is 2.38. The molecule has 0 saturated heterocycles. The summed E-state index contributed by atoms with van der Waals surface area (Å²) >= 11 is 0. The number of hydrogen-bond acceptors (Lipinski definition) is 4. The lowest BCUT2D eigenvalue weighted by atomic mass is 10.2. The molecule has 0 saturated carbocycles. The number of hydrogen-bond donors (Lipinski definition) is 0. The molecule has 2 aromatic carbocycles. The monoisotopic (exact) mass is 371 g/mol. The van der Waals surface area contributed by atoms with Crippen molar-refractivity contribution >= 4 is 18.0 Å². The highest BCUT2D eigenvalue weighted by atomic mass is 19.1. The van der Waals surface area contributed by atoms with Gasteiger partial charge in [-0.2, -0.15) is 0 Å². The van der Waals surface area contributed by atoms with Crippen LogP contribution in [0.2, 0.25) is 0 Å². The number of amides is 1. The average molecular weight is 371 g/mol. The summed E-state index contributed by atoms with van der Waals surface area (Å²) in [4.78, 5) is 25.5. The lowest BCUT2D eigenvalue weighted by Crippen LogP contribution is -2.34. The molecule has 2 rings (SSSR count). The summed E-state index contributed by atoms with van der Waals surface area (Å²) in [7, 11) is 1.58. The summed E-state index contributed by atoms with van der Waals surface area (Å²) < 4.78 is 23.3. The van der Waals surface area contributed by atoms with Crippen LogP contribution in [0.5, 0.6) is 5.75 Å². The summed E-state index contributed by atoms with van der Waals surface area (Å²) in [5.74, 6) is -0.585. The average Bonchev–Trinajstić information content (AvgIpc) is 2.69. The normalized spacial score (nSPS) is 10.6. The van der Waals surface area contributed by atoms with Crippen molar-refractivity contribution in [1.29, 1.82) is 0 Å². The first-order valence-electron chi connectivity index (χ1n) is 8.53. The minimum absolute atomic E-state index is 0.256. The Morgan fingerprint density at radius 3 is 2.52 bits per heavy atom. The van der Waals surface area contributed by atoms with E-state index in [2.05, 4.69) is 0 Å². The Morgan fingerprint density at radius 2 is 1.89 bits per heavy atom. The van der Waals surface area contributed by atoms with Gasteiger partial charge >= 0.3 is 5.97 Å². The molecule has 0 fully saturated rings. The van der Waals surface area contributed by atoms with E-state index in [-0.39, 0.29) is 24.9 Å². The second kappa shape index (κ2) is 10.1. The highest BCUT2D eigenvalue weighted by molar-refractivity contribution is 5.89. The largest absolute Gasteiger partial charge is 0.497 e. The maximum Gasteiger partial charge on any atom is 0.331 e. The van der Waals surface area contributed by atoms with E-state index in [1.165, 1.54) is 23.1 Å². The van der Waals surface area contributed by atoms with Crippen molar-refractivity contribution < 1.29 is 23.5 Å². The molecule has 0 heterocycles. The Morgan fingerprint density at radius 1 is 1.15 bits per heavy atom. The van der Waals surface area contributed by atoms with Crippen molar-refractivity contribution in [3.05, 3.63) is 71.6 Å². The van der Waals surface area contributed by atoms with Gasteiger partial charge in [-0.3, -0.25) is 4.79 Å². The van der Waals surface area contributed by atoms with Gasteiger partial charge in [0, 0.05) is 19.2 Å². The number of carbonyl (C=O) groups is 2. The van der Waals surface area contributed by atoms with Gasteiger partial charge in [0.1, 0.15) is 11.6 Å². The molecular weight excluding hydrogens is 349 g/mol. The zero-order valence-corrected chi connectivity index (χ0v) is 15.4. The van der Waals surface area contributed by atoms with Crippen LogP contribution in [0.15, 0.2) is 54.6 Å². The number of carbonyl (C=O) groups excluding carboxylic acids is 2. The predicted octanol–water partition coefficient (Wildman–Crippen LogP) is 3.44. The molecule has 0 aliphatic rings. The maximum atomic E-state index is 13.3. The number of benzene rings is 2. The van der Waals surface area contributed by atoms with E-state index in [1.807, 2.05) is 6.92 Å². The minimum Gasteiger partial charge on any atom is -0.497 e. The quantitative estimate of drug-likeness (QED) is 0.527. The second-order valence-corrected chi connectivity index (χ2v) is 5.75. The van der Waals surface area contributed by atoms with Gasteiger partial charge in [-0.15, -0.1) is 0 Å². The van der Waals surface area contributed by atoms with E-state index in [0.717, 1.165) is 11.3 Å². The van der Waals surface area contributed by atoms with Crippen LogP contribution in [0.25, 0.3) is 6.08 Å². The lowest BCUT2D eigenvalue weighted by molar-refractivity contribution is -0.148. The van der Waals surface area contributed by atoms with Crippen molar-refractivity contribution in [3.63, 3.8) is 0 Å². The Labute approximate surface area is 158 Å². The van der Waals surface area contributed by atoms with Crippen LogP contribution < -0.4 is 4.74 Å². The maximum absolute atomic E-state index is 13.3. The van der Waals surface area contributed by atoms with Gasteiger partial charge in [0.15, 0.2) is 6.61 Å². The van der Waals surface area contributed by atoms with Crippen LogP contribution in [-0.2, 0) is 20.9 Å². The zero-order chi connectivity index (χ0) is 19.6. The molecule has 27 heavy (non-hydrogen) atoms. The molecule has 0 radical (unpaired) electrons. The van der Waals surface area contributed by atoms with Crippen molar-refractivity contribution in [2.75, 3.05) is 20.3 Å². The number of nitrogens with zero attached hydrogens (tertiary/aromatic N) is 1. The van der Waals surface area contributed by atoms with E-state index >= 15 is 0 Å². The standard InChI is InChI=1S/C21H22FNO4/c1-3-23(14-17-5-4-6-18(22)13-17)20(24)15-27-21(25)12-9-16-7-10-19(26-2)11-8-16/h4-13H,3,14-15H2,1-2H3/b12-9+. The van der Waals surface area contributed by atoms with E-state index in [0.29, 0.717) is 12.1 Å². The highest BCUT2D eigenvalue weighted by Gasteiger charge is 2.14. The van der Waals surface area contributed by atoms with Crippen LogP contribution in [0.3, 0.4) is 0 Å². The smallest absolute Gasteiger partial charge is 0.331 e. The third-order valence-electron chi connectivity index (χ3n) is 3.86. The number of methoxy groups -OCH3 is 1. The molecule has 0 aliphatic heterocycles. The number of esters is 1. The lowest BCUT2D eigenvalue weighted by Gasteiger charge is -2.20. The van der Waals surface area contributed by atoms with E-state index in [4.69, 9.17) is 9.47 Å². The Bertz CT molecular complexity index is 802. The Hall–Kier alpha value is -3.15. The van der Waals surface area contributed by atoms with E-state index < -0.39 is 5.97 Å². The van der Waals surface area contributed by atoms with Crippen LogP contribution in [-0.4, -0.2) is 37.0 Å². The molecule has 0 aliphatic carbocycles. The first-order chi connectivity index (χ1) is 13.0. The summed E-state index contributed by atoms with van der Waals surface area (Å²) in [6, 6.07) is 13.2. The number of halogens is 1. The Balaban J connectivity index is 1.84. The summed E-state index contributed by atoms with van der Waals surface area (Å²) in [6.45, 7) is 2.12. The predicted molar refractivity (Wildman–Crippen MR) is 100 cm³/mol. The van der Waals surface area contributed by atoms with Gasteiger partial charge in [-0.25, -0.2) is 9.18 Å². The van der Waals surface area contributed by atoms with Gasteiger partial charge in [-0.1, -0.05) is 24.3 Å². The first kappa shape index (κ1) is 20.2. The molecule has 0 aromatic heterocycles. The summed E-state index contributed by atoms with van der Waals surface area (Å²) in [5.41, 5.74) is 1.48. The van der Waals surface area contributed by atoms with Crippen molar-refractivity contribution in [1.82, 2.24) is 4.90 Å². The van der Waals surface area contributed by atoms with E-state index in [9.17, 15) is 14.0 Å². The third-order valence-corrected chi connectivity index (χ3v) is 3.86. The first-order valence-corrected chi connectivity index (χ1v) is 8.53. The van der Waals surface area contributed by atoms with Crippen LogP contribution in [0.1, 0.15) is 18.1 Å². The van der Waals surface area contributed by atoms with Crippen LogP contribution in [0.4, 0.5) is 4.39 Å². The number of ether oxygens (including phenoxy) is 2. The second-order valence-electron chi connectivity index (χ2n) is 5.75. The van der Waals surface area contributed by atoms with Crippen LogP contribution in [0, 0.1) is 5.82 Å². The van der Waals surface area contributed by atoms with Crippen LogP contribution >= 0.6 is 0 Å². The number of rotatable bonds is 8. The van der Waals surface area contributed by atoms with Gasteiger partial charge in [0.05, 0.1) is 7.11 Å². The van der Waals surface area contributed by atoms with Crippen molar-refractivity contribution in [2.45, 2.75) is 13.5 Å². The van der Waals surface area contributed by atoms with E-state index in [1.54, 1.807) is 49.6 Å². The summed E-state index contributed by atoms with van der Waals surface area (Å²) in [6.07, 6.45) is 2.86. The molecule has 0 atom stereocenters. The van der Waals surface area contributed by atoms with Gasteiger partial charge in [0.2, 0.25) is 0 Å². The molecule has 2 aromatic rings. The molecule has 0 unspecified atom stereocenters. The van der Waals surface area contributed by atoms with Crippen molar-refractivity contribution in [3.8, 4) is 5.75 Å². The topological polar surface area (TPSA) is 55.8 Å². The molecule has 0 bridgehead atoms. The molecule has 0 spiro atoms.